The Kier molecular flexibility index (Phi) is 30.1. The van der Waals surface area contributed by atoms with E-state index in [4.69, 9.17) is 4.74 Å². The van der Waals surface area contributed by atoms with Gasteiger partial charge in [-0.2, -0.15) is 0 Å². The van der Waals surface area contributed by atoms with Crippen molar-refractivity contribution in [2.24, 2.45) is 0 Å². The minimum Gasteiger partial charge on any atom is -0.548 e. The van der Waals surface area contributed by atoms with E-state index in [1.807, 2.05) is 0 Å². The van der Waals surface area contributed by atoms with Crippen LogP contribution in [-0.2, 0) is 23.9 Å². The van der Waals surface area contributed by atoms with E-state index >= 15 is 0 Å². The van der Waals surface area contributed by atoms with Gasteiger partial charge in [-0.1, -0.05) is 64.7 Å². The second-order valence-electron chi connectivity index (χ2n) is 5.88. The van der Waals surface area contributed by atoms with Crippen molar-refractivity contribution in [3.05, 3.63) is 0 Å². The predicted molar refractivity (Wildman–Crippen MR) is 81.5 cm³/mol. The maximum absolute atomic E-state index is 11.0. The molecular formula is C17H27Na3O8. The summed E-state index contributed by atoms with van der Waals surface area (Å²) in [5.74, 6) is -9.46. The molecule has 0 N–H and O–H groups in total. The molecule has 0 unspecified atom stereocenters. The van der Waals surface area contributed by atoms with E-state index in [1.165, 1.54) is 32.1 Å². The average molecular weight is 428 g/mol. The minimum atomic E-state index is -3.24. The van der Waals surface area contributed by atoms with Crippen LogP contribution in [0.25, 0.3) is 0 Å². The summed E-state index contributed by atoms with van der Waals surface area (Å²) in [6.07, 6.45) is 10.4. The number of carboxylic acids is 3. The van der Waals surface area contributed by atoms with Crippen LogP contribution < -0.4 is 104 Å². The topological polar surface area (TPSA) is 139 Å². The molecule has 0 aromatic heterocycles. The maximum atomic E-state index is 11.0. The van der Waals surface area contributed by atoms with Gasteiger partial charge in [0, 0.05) is 0 Å². The summed E-state index contributed by atoms with van der Waals surface area (Å²) in [6, 6.07) is 0. The Morgan fingerprint density at radius 1 is 0.679 bits per heavy atom. The monoisotopic (exact) mass is 428 g/mol. The molecule has 0 aliphatic rings. The molecule has 11 heteroatoms. The minimum absolute atomic E-state index is 0. The summed E-state index contributed by atoms with van der Waals surface area (Å²) >= 11 is 0. The Labute approximate surface area is 233 Å². The number of hydrogen-bond acceptors (Lipinski definition) is 8. The molecule has 146 valence electrons. The van der Waals surface area contributed by atoms with Crippen LogP contribution in [0.4, 0.5) is 0 Å². The van der Waals surface area contributed by atoms with Gasteiger partial charge in [-0.25, -0.2) is 0 Å². The zero-order valence-electron chi connectivity index (χ0n) is 17.8. The SMILES string of the molecule is CCCCCCCCCCCCOC(OCC(=O)[O-])(C(=O)[O-])C(=O)[O-].[Na+].[Na+].[Na+]. The number of unbranched alkanes of at least 4 members (excludes halogenated alkanes) is 9. The Hall–Kier alpha value is 1.33. The number of carboxylic acid groups (broad SMARTS) is 3. The normalized spacial score (nSPS) is 10.2. The molecule has 8 nitrogen and oxygen atoms in total. The molecule has 0 atom stereocenters. The van der Waals surface area contributed by atoms with Gasteiger partial charge in [0.2, 0.25) is 0 Å². The smallest absolute Gasteiger partial charge is 0.548 e. The van der Waals surface area contributed by atoms with Crippen LogP contribution in [-0.4, -0.2) is 36.9 Å². The van der Waals surface area contributed by atoms with Gasteiger partial charge in [0.25, 0.3) is 5.79 Å². The molecule has 0 aliphatic heterocycles. The van der Waals surface area contributed by atoms with Crippen LogP contribution in [0.3, 0.4) is 0 Å². The fraction of sp³-hybridized carbons (Fsp3) is 0.824. The van der Waals surface area contributed by atoms with E-state index in [2.05, 4.69) is 11.7 Å². The molecule has 0 spiro atoms. The van der Waals surface area contributed by atoms with Crippen LogP contribution in [0.5, 0.6) is 0 Å². The number of carbonyl (C=O) groups excluding carboxylic acids is 3. The molecule has 0 aromatic rings. The fourth-order valence-corrected chi connectivity index (χ4v) is 2.33. The van der Waals surface area contributed by atoms with E-state index < -0.39 is 30.3 Å². The molecule has 0 heterocycles. The Bertz CT molecular complexity index is 407. The summed E-state index contributed by atoms with van der Waals surface area (Å²) in [7, 11) is 0. The summed E-state index contributed by atoms with van der Waals surface area (Å²) in [4.78, 5) is 32.3. The molecular weight excluding hydrogens is 401 g/mol. The van der Waals surface area contributed by atoms with E-state index in [-0.39, 0.29) is 95.3 Å². The van der Waals surface area contributed by atoms with E-state index in [9.17, 15) is 29.7 Å². The third-order valence-corrected chi connectivity index (χ3v) is 3.73. The average Bonchev–Trinajstić information content (AvgIpc) is 2.54. The van der Waals surface area contributed by atoms with Crippen LogP contribution in [0.1, 0.15) is 71.1 Å². The standard InChI is InChI=1S/C17H30O8.3Na/c1-2-3-4-5-6-7-8-9-10-11-12-24-17(15(20)21,16(22)23)25-13-14(18)19;;;/h2-13H2,1H3,(H,18,19)(H,20,21)(H,22,23);;;/q;3*+1/p-3. The van der Waals surface area contributed by atoms with Crippen molar-refractivity contribution in [2.45, 2.75) is 76.9 Å². The number of carbonyl (C=O) groups is 3. The van der Waals surface area contributed by atoms with Crippen molar-refractivity contribution in [1.82, 2.24) is 0 Å². The molecule has 0 amide bonds. The number of rotatable bonds is 17. The number of hydrogen-bond donors (Lipinski definition) is 0. The Balaban J connectivity index is -0.000000960. The quantitative estimate of drug-likeness (QED) is 0.0963. The summed E-state index contributed by atoms with van der Waals surface area (Å²) < 4.78 is 9.04. The molecule has 0 rings (SSSR count). The van der Waals surface area contributed by atoms with E-state index in [1.54, 1.807) is 0 Å². The van der Waals surface area contributed by atoms with Crippen molar-refractivity contribution in [3.8, 4) is 0 Å². The Morgan fingerprint density at radius 3 is 1.43 bits per heavy atom. The molecule has 0 saturated carbocycles. The molecule has 0 aromatic carbocycles. The van der Waals surface area contributed by atoms with Gasteiger partial charge >= 0.3 is 88.7 Å². The van der Waals surface area contributed by atoms with Crippen molar-refractivity contribution < 1.29 is 128 Å². The second-order valence-corrected chi connectivity index (χ2v) is 5.88. The third-order valence-electron chi connectivity index (χ3n) is 3.73. The molecule has 0 aliphatic carbocycles. The van der Waals surface area contributed by atoms with E-state index in [0.717, 1.165) is 25.7 Å². The van der Waals surface area contributed by atoms with Gasteiger partial charge < -0.3 is 39.2 Å². The third kappa shape index (κ3) is 17.1. The van der Waals surface area contributed by atoms with Crippen molar-refractivity contribution >= 4 is 17.9 Å². The van der Waals surface area contributed by atoms with E-state index in [0.29, 0.717) is 6.42 Å². The maximum Gasteiger partial charge on any atom is 1.00 e. The first-order valence-corrected chi connectivity index (χ1v) is 8.77. The van der Waals surface area contributed by atoms with Crippen molar-refractivity contribution in [3.63, 3.8) is 0 Å². The fourth-order valence-electron chi connectivity index (χ4n) is 2.33. The molecule has 0 bridgehead atoms. The van der Waals surface area contributed by atoms with Crippen LogP contribution in [0.2, 0.25) is 0 Å². The van der Waals surface area contributed by atoms with Gasteiger partial charge in [-0.05, 0) is 6.42 Å². The number of aliphatic carboxylic acids is 3. The van der Waals surface area contributed by atoms with Crippen LogP contribution >= 0.6 is 0 Å². The molecule has 28 heavy (non-hydrogen) atoms. The van der Waals surface area contributed by atoms with Gasteiger partial charge in [0.1, 0.15) is 11.9 Å². The first-order chi connectivity index (χ1) is 11.9. The van der Waals surface area contributed by atoms with Crippen molar-refractivity contribution in [1.29, 1.82) is 0 Å². The Morgan fingerprint density at radius 2 is 1.07 bits per heavy atom. The second kappa shape index (κ2) is 23.0. The number of ether oxygens (including phenoxy) is 2. The molecule has 0 fully saturated rings. The van der Waals surface area contributed by atoms with Crippen molar-refractivity contribution in [2.75, 3.05) is 13.2 Å². The summed E-state index contributed by atoms with van der Waals surface area (Å²) in [5.41, 5.74) is 0. The molecule has 0 radical (unpaired) electrons. The van der Waals surface area contributed by atoms with Crippen LogP contribution in [0, 0.1) is 0 Å². The summed E-state index contributed by atoms with van der Waals surface area (Å²) in [6.45, 7) is 0.673. The zero-order valence-corrected chi connectivity index (χ0v) is 23.8. The van der Waals surface area contributed by atoms with Gasteiger partial charge in [-0.15, -0.1) is 0 Å². The summed E-state index contributed by atoms with van der Waals surface area (Å²) in [5, 5.41) is 32.3. The first-order valence-electron chi connectivity index (χ1n) is 8.77. The largest absolute Gasteiger partial charge is 1.00 e. The van der Waals surface area contributed by atoms with Crippen LogP contribution in [0.15, 0.2) is 0 Å². The first kappa shape index (κ1) is 36.7. The molecule has 0 saturated heterocycles. The predicted octanol–water partition coefficient (Wildman–Crippen LogP) is -10.1. The zero-order chi connectivity index (χ0) is 19.1. The van der Waals surface area contributed by atoms with Gasteiger partial charge in [0.15, 0.2) is 0 Å². The van der Waals surface area contributed by atoms with Gasteiger partial charge in [-0.3, -0.25) is 0 Å². The van der Waals surface area contributed by atoms with Gasteiger partial charge in [0.05, 0.1) is 19.2 Å².